The molecule has 7 nitrogen and oxygen atoms in total. The first-order chi connectivity index (χ1) is 14.8. The number of aromatic nitrogens is 4. The molecule has 2 N–H and O–H groups in total. The van der Waals surface area contributed by atoms with E-state index in [4.69, 9.17) is 5.10 Å². The molecule has 0 amide bonds. The van der Waals surface area contributed by atoms with Crippen LogP contribution in [0.3, 0.4) is 0 Å². The normalized spacial score (nSPS) is 10.8. The molecule has 0 saturated carbocycles. The molecule has 2 aromatic heterocycles. The molecule has 0 unspecified atom stereocenters. The monoisotopic (exact) mass is 417 g/mol. The van der Waals surface area contributed by atoms with E-state index in [2.05, 4.69) is 15.3 Å². The minimum absolute atomic E-state index is 0.183. The van der Waals surface area contributed by atoms with Gasteiger partial charge < -0.3 is 10.4 Å². The van der Waals surface area contributed by atoms with Crippen LogP contribution in [0.15, 0.2) is 54.7 Å². The molecule has 8 heteroatoms. The van der Waals surface area contributed by atoms with Gasteiger partial charge in [-0.15, -0.1) is 0 Å². The lowest BCUT2D eigenvalue weighted by Crippen LogP contribution is -2.10. The molecule has 0 aliphatic carbocycles. The summed E-state index contributed by atoms with van der Waals surface area (Å²) in [7, 11) is 0. The van der Waals surface area contributed by atoms with Crippen molar-refractivity contribution in [2.24, 2.45) is 0 Å². The summed E-state index contributed by atoms with van der Waals surface area (Å²) in [6.45, 7) is 5.64. The van der Waals surface area contributed by atoms with Crippen molar-refractivity contribution in [1.82, 2.24) is 19.7 Å². The molecule has 4 rings (SSSR count). The highest BCUT2D eigenvalue weighted by Crippen LogP contribution is 2.29. The maximum atomic E-state index is 13.6. The third-order valence-electron chi connectivity index (χ3n) is 4.75. The topological polar surface area (TPSA) is 92.9 Å². The molecule has 156 valence electrons. The van der Waals surface area contributed by atoms with Crippen molar-refractivity contribution in [1.29, 1.82) is 0 Å². The lowest BCUT2D eigenvalue weighted by molar-refractivity contribution is 0.0697. The van der Waals surface area contributed by atoms with Gasteiger partial charge in [0.1, 0.15) is 11.6 Å². The van der Waals surface area contributed by atoms with Crippen LogP contribution in [0.2, 0.25) is 0 Å². The minimum atomic E-state index is -1.24. The van der Waals surface area contributed by atoms with E-state index in [-0.39, 0.29) is 11.3 Å². The summed E-state index contributed by atoms with van der Waals surface area (Å²) in [6, 6.07) is 13.2. The van der Waals surface area contributed by atoms with Crippen LogP contribution >= 0.6 is 0 Å². The summed E-state index contributed by atoms with van der Waals surface area (Å²) < 4.78 is 15.2. The Bertz CT molecular complexity index is 1300. The quantitative estimate of drug-likeness (QED) is 0.483. The number of carbonyl (C=O) groups is 1. The summed E-state index contributed by atoms with van der Waals surface area (Å²) >= 11 is 0. The highest BCUT2D eigenvalue weighted by molar-refractivity contribution is 5.95. The van der Waals surface area contributed by atoms with Gasteiger partial charge >= 0.3 is 5.97 Å². The van der Waals surface area contributed by atoms with Gasteiger partial charge in [0.2, 0.25) is 0 Å². The Balaban J connectivity index is 1.89. The SMILES string of the molecule is Cc1cccc(-c2cc(Nc3ccc(F)cc3C(=O)O)n(-c3nc(C)cnc3C)n2)c1. The molecular formula is C23H20FN5O2. The summed E-state index contributed by atoms with van der Waals surface area (Å²) in [5, 5.41) is 17.3. The molecule has 0 aliphatic heterocycles. The molecule has 0 radical (unpaired) electrons. The van der Waals surface area contributed by atoms with Crippen molar-refractivity contribution in [2.45, 2.75) is 20.8 Å². The summed E-state index contributed by atoms with van der Waals surface area (Å²) in [5.74, 6) is -0.871. The van der Waals surface area contributed by atoms with E-state index in [0.717, 1.165) is 17.2 Å². The zero-order valence-electron chi connectivity index (χ0n) is 17.2. The predicted molar refractivity (Wildman–Crippen MR) is 115 cm³/mol. The smallest absolute Gasteiger partial charge is 0.337 e. The molecule has 0 fully saturated rings. The molecule has 2 aromatic carbocycles. The van der Waals surface area contributed by atoms with Gasteiger partial charge in [0.05, 0.1) is 28.3 Å². The second-order valence-electron chi connectivity index (χ2n) is 7.24. The zero-order valence-corrected chi connectivity index (χ0v) is 17.2. The van der Waals surface area contributed by atoms with Gasteiger partial charge in [0.25, 0.3) is 0 Å². The molecular weight excluding hydrogens is 397 g/mol. The fraction of sp³-hybridized carbons (Fsp3) is 0.130. The summed E-state index contributed by atoms with van der Waals surface area (Å²) in [5.41, 5.74) is 4.09. The van der Waals surface area contributed by atoms with E-state index >= 15 is 0 Å². The number of hydrogen-bond acceptors (Lipinski definition) is 5. The van der Waals surface area contributed by atoms with Gasteiger partial charge in [-0.05, 0) is 45.0 Å². The maximum absolute atomic E-state index is 13.6. The van der Waals surface area contributed by atoms with E-state index in [0.29, 0.717) is 28.7 Å². The summed E-state index contributed by atoms with van der Waals surface area (Å²) in [6.07, 6.45) is 1.67. The first-order valence-electron chi connectivity index (χ1n) is 9.59. The van der Waals surface area contributed by atoms with Crippen molar-refractivity contribution in [3.63, 3.8) is 0 Å². The minimum Gasteiger partial charge on any atom is -0.478 e. The summed E-state index contributed by atoms with van der Waals surface area (Å²) in [4.78, 5) is 20.6. The van der Waals surface area contributed by atoms with Crippen LogP contribution in [0.5, 0.6) is 0 Å². The Morgan fingerprint density at radius 2 is 1.90 bits per heavy atom. The van der Waals surface area contributed by atoms with Gasteiger partial charge in [0, 0.05) is 17.8 Å². The molecule has 0 saturated heterocycles. The van der Waals surface area contributed by atoms with Crippen molar-refractivity contribution in [2.75, 3.05) is 5.32 Å². The highest BCUT2D eigenvalue weighted by atomic mass is 19.1. The number of aryl methyl sites for hydroxylation is 3. The van der Waals surface area contributed by atoms with Crippen molar-refractivity contribution in [3.05, 3.63) is 83.1 Å². The van der Waals surface area contributed by atoms with Crippen molar-refractivity contribution < 1.29 is 14.3 Å². The first kappa shape index (κ1) is 20.2. The van der Waals surface area contributed by atoms with Gasteiger partial charge in [-0.25, -0.2) is 14.2 Å². The molecule has 2 heterocycles. The largest absolute Gasteiger partial charge is 0.478 e. The molecule has 31 heavy (non-hydrogen) atoms. The Morgan fingerprint density at radius 3 is 2.65 bits per heavy atom. The fourth-order valence-electron chi connectivity index (χ4n) is 3.24. The van der Waals surface area contributed by atoms with E-state index in [1.54, 1.807) is 16.9 Å². The van der Waals surface area contributed by atoms with Crippen LogP contribution < -0.4 is 5.32 Å². The number of benzene rings is 2. The van der Waals surface area contributed by atoms with Crippen LogP contribution in [0.1, 0.15) is 27.3 Å². The molecule has 0 aliphatic rings. The second-order valence-corrected chi connectivity index (χ2v) is 7.24. The number of anilines is 2. The number of nitrogens with zero attached hydrogens (tertiary/aromatic N) is 4. The van der Waals surface area contributed by atoms with Crippen LogP contribution in [0.25, 0.3) is 17.1 Å². The zero-order chi connectivity index (χ0) is 22.1. The van der Waals surface area contributed by atoms with Gasteiger partial charge in [-0.2, -0.15) is 9.78 Å². The fourth-order valence-corrected chi connectivity index (χ4v) is 3.24. The number of halogens is 1. The van der Waals surface area contributed by atoms with E-state index in [1.165, 1.54) is 12.1 Å². The number of aromatic carboxylic acids is 1. The maximum Gasteiger partial charge on any atom is 0.337 e. The Labute approximate surface area is 178 Å². The highest BCUT2D eigenvalue weighted by Gasteiger charge is 2.18. The van der Waals surface area contributed by atoms with E-state index in [9.17, 15) is 14.3 Å². The van der Waals surface area contributed by atoms with Crippen LogP contribution in [0.4, 0.5) is 15.9 Å². The average molecular weight is 417 g/mol. The van der Waals surface area contributed by atoms with E-state index in [1.807, 2.05) is 45.0 Å². The Morgan fingerprint density at radius 1 is 1.10 bits per heavy atom. The molecule has 4 aromatic rings. The number of carboxylic acid groups (broad SMARTS) is 1. The first-order valence-corrected chi connectivity index (χ1v) is 9.59. The lowest BCUT2D eigenvalue weighted by Gasteiger charge is -2.12. The number of rotatable bonds is 5. The predicted octanol–water partition coefficient (Wildman–Crippen LogP) is 4.84. The van der Waals surface area contributed by atoms with E-state index < -0.39 is 11.8 Å². The Hall–Kier alpha value is -4.07. The molecule has 0 spiro atoms. The Kier molecular flexibility index (Phi) is 5.21. The standard InChI is InChI=1S/C23H20FN5O2/c1-13-5-4-6-16(9-13)20-11-21(27-19-8-7-17(24)10-18(19)23(30)31)29(28-20)22-15(3)25-12-14(2)26-22/h4-12,27H,1-3H3,(H,30,31). The molecule has 0 atom stereocenters. The number of nitrogens with one attached hydrogen (secondary N) is 1. The van der Waals surface area contributed by atoms with Gasteiger partial charge in [-0.1, -0.05) is 23.8 Å². The number of hydrogen-bond donors (Lipinski definition) is 2. The average Bonchev–Trinajstić information content (AvgIpc) is 3.14. The third-order valence-corrected chi connectivity index (χ3v) is 4.75. The van der Waals surface area contributed by atoms with Crippen LogP contribution in [0, 0.1) is 26.6 Å². The van der Waals surface area contributed by atoms with Crippen molar-refractivity contribution in [3.8, 4) is 17.1 Å². The number of carboxylic acids is 1. The van der Waals surface area contributed by atoms with Gasteiger partial charge in [-0.3, -0.25) is 4.98 Å². The van der Waals surface area contributed by atoms with Crippen LogP contribution in [-0.2, 0) is 0 Å². The van der Waals surface area contributed by atoms with Crippen LogP contribution in [-0.4, -0.2) is 30.8 Å². The molecule has 0 bridgehead atoms. The third kappa shape index (κ3) is 4.13. The van der Waals surface area contributed by atoms with Gasteiger partial charge in [0.15, 0.2) is 5.82 Å². The lowest BCUT2D eigenvalue weighted by atomic mass is 10.1. The van der Waals surface area contributed by atoms with Crippen molar-refractivity contribution >= 4 is 17.5 Å². The second kappa shape index (κ2) is 7.98.